The van der Waals surface area contributed by atoms with E-state index in [1.165, 1.54) is 4.90 Å². The van der Waals surface area contributed by atoms with Crippen LogP contribution < -0.4 is 10.6 Å². The molecule has 2 aromatic carbocycles. The smallest absolute Gasteiger partial charge is 0.326 e. The van der Waals surface area contributed by atoms with Crippen LogP contribution in [0, 0.1) is 0 Å². The van der Waals surface area contributed by atoms with Crippen LogP contribution in [0.1, 0.15) is 17.5 Å². The van der Waals surface area contributed by atoms with E-state index in [0.717, 1.165) is 11.1 Å². The first-order valence-electron chi connectivity index (χ1n) is 9.04. The Bertz CT molecular complexity index is 781. The summed E-state index contributed by atoms with van der Waals surface area (Å²) in [4.78, 5) is 37.1. The number of rotatable bonds is 9. The molecule has 0 aliphatic carbocycles. The van der Waals surface area contributed by atoms with Gasteiger partial charge < -0.3 is 20.6 Å². The summed E-state index contributed by atoms with van der Waals surface area (Å²) in [5.41, 5.74) is 1.83. The van der Waals surface area contributed by atoms with Gasteiger partial charge in [0.25, 0.3) is 0 Å². The van der Waals surface area contributed by atoms with Crippen molar-refractivity contribution in [3.8, 4) is 0 Å². The lowest BCUT2D eigenvalue weighted by atomic mass is 10.1. The number of nitrogens with zero attached hydrogens (tertiary/aromatic N) is 1. The van der Waals surface area contributed by atoms with E-state index >= 15 is 0 Å². The Kier molecular flexibility index (Phi) is 8.02. The summed E-state index contributed by atoms with van der Waals surface area (Å²) >= 11 is 0. The molecule has 1 unspecified atom stereocenters. The van der Waals surface area contributed by atoms with Gasteiger partial charge in [-0.25, -0.2) is 9.59 Å². The Morgan fingerprint density at radius 1 is 0.964 bits per heavy atom. The highest BCUT2D eigenvalue weighted by Crippen LogP contribution is 2.04. The van der Waals surface area contributed by atoms with Crippen molar-refractivity contribution in [2.24, 2.45) is 0 Å². The summed E-state index contributed by atoms with van der Waals surface area (Å²) in [5.74, 6) is -1.52. The minimum atomic E-state index is -1.09. The van der Waals surface area contributed by atoms with Gasteiger partial charge in [-0.2, -0.15) is 0 Å². The zero-order chi connectivity index (χ0) is 20.4. The van der Waals surface area contributed by atoms with E-state index < -0.39 is 17.9 Å². The van der Waals surface area contributed by atoms with Gasteiger partial charge in [-0.05, 0) is 11.1 Å². The van der Waals surface area contributed by atoms with Crippen molar-refractivity contribution < 1.29 is 19.5 Å². The summed E-state index contributed by atoms with van der Waals surface area (Å²) in [5, 5.41) is 14.5. The van der Waals surface area contributed by atoms with Gasteiger partial charge in [0.1, 0.15) is 6.04 Å². The molecule has 0 heterocycles. The summed E-state index contributed by atoms with van der Waals surface area (Å²) in [7, 11) is 1.67. The van der Waals surface area contributed by atoms with Crippen molar-refractivity contribution in [3.05, 3.63) is 71.8 Å². The van der Waals surface area contributed by atoms with Crippen molar-refractivity contribution in [1.29, 1.82) is 0 Å². The van der Waals surface area contributed by atoms with E-state index in [1.54, 1.807) is 7.05 Å². The molecule has 0 aliphatic rings. The molecular formula is C21H25N3O4. The number of amides is 3. The van der Waals surface area contributed by atoms with E-state index in [0.29, 0.717) is 6.54 Å². The second-order valence-electron chi connectivity index (χ2n) is 6.47. The fourth-order valence-electron chi connectivity index (χ4n) is 2.66. The number of hydrogen-bond acceptors (Lipinski definition) is 3. The number of carboxylic acids is 1. The molecule has 7 nitrogen and oxygen atoms in total. The molecule has 3 amide bonds. The quantitative estimate of drug-likeness (QED) is 0.617. The molecule has 28 heavy (non-hydrogen) atoms. The summed E-state index contributed by atoms with van der Waals surface area (Å²) in [6.45, 7) is 0.582. The summed E-state index contributed by atoms with van der Waals surface area (Å²) < 4.78 is 0. The second kappa shape index (κ2) is 10.7. The number of urea groups is 1. The second-order valence-corrected chi connectivity index (χ2v) is 6.47. The van der Waals surface area contributed by atoms with Gasteiger partial charge in [-0.1, -0.05) is 60.7 Å². The molecule has 0 saturated heterocycles. The molecule has 0 aliphatic heterocycles. The molecular weight excluding hydrogens is 358 g/mol. The molecule has 1 atom stereocenters. The lowest BCUT2D eigenvalue weighted by Gasteiger charge is -2.18. The number of benzene rings is 2. The maximum Gasteiger partial charge on any atom is 0.326 e. The number of carbonyl (C=O) groups is 3. The number of aliphatic carboxylic acids is 1. The topological polar surface area (TPSA) is 98.7 Å². The minimum absolute atomic E-state index is 0.00346. The predicted octanol–water partition coefficient (Wildman–Crippen LogP) is 2.03. The monoisotopic (exact) mass is 383 g/mol. The molecule has 148 valence electrons. The zero-order valence-electron chi connectivity index (χ0n) is 15.8. The zero-order valence-corrected chi connectivity index (χ0v) is 15.8. The highest BCUT2D eigenvalue weighted by molar-refractivity contribution is 5.84. The molecule has 2 aromatic rings. The standard InChI is InChI=1S/C21H25N3O4/c1-24(15-17-10-6-3-7-11-17)21(28)22-13-12-19(25)23-18(20(26)27)14-16-8-4-2-5-9-16/h2-11,18H,12-15H2,1H3,(H,22,28)(H,23,25)(H,26,27). The first kappa shape index (κ1) is 21.0. The van der Waals surface area contributed by atoms with Gasteiger partial charge in [0.05, 0.1) is 0 Å². The van der Waals surface area contributed by atoms with Crippen molar-refractivity contribution in [3.63, 3.8) is 0 Å². The van der Waals surface area contributed by atoms with Gasteiger partial charge >= 0.3 is 12.0 Å². The summed E-state index contributed by atoms with van der Waals surface area (Å²) in [6.07, 6.45) is 0.206. The molecule has 0 fully saturated rings. The third-order valence-electron chi connectivity index (χ3n) is 4.15. The largest absolute Gasteiger partial charge is 0.480 e. The average molecular weight is 383 g/mol. The van der Waals surface area contributed by atoms with E-state index in [9.17, 15) is 19.5 Å². The molecule has 0 bridgehead atoms. The summed E-state index contributed by atoms with van der Waals surface area (Å²) in [6, 6.07) is 17.4. The van der Waals surface area contributed by atoms with Crippen LogP contribution in [0.5, 0.6) is 0 Å². The molecule has 0 spiro atoms. The Morgan fingerprint density at radius 3 is 2.11 bits per heavy atom. The van der Waals surface area contributed by atoms with E-state index in [4.69, 9.17) is 0 Å². The van der Waals surface area contributed by atoms with E-state index in [1.807, 2.05) is 60.7 Å². The fraction of sp³-hybridized carbons (Fsp3) is 0.286. The van der Waals surface area contributed by atoms with E-state index in [2.05, 4.69) is 10.6 Å². The van der Waals surface area contributed by atoms with Crippen molar-refractivity contribution in [2.45, 2.75) is 25.4 Å². The van der Waals surface area contributed by atoms with Gasteiger partial charge in [0.15, 0.2) is 0 Å². The molecule has 7 heteroatoms. The fourth-order valence-corrected chi connectivity index (χ4v) is 2.66. The average Bonchev–Trinajstić information content (AvgIpc) is 2.69. The van der Waals surface area contributed by atoms with Crippen LogP contribution in [0.4, 0.5) is 4.79 Å². The number of carboxylic acid groups (broad SMARTS) is 1. The van der Waals surface area contributed by atoms with Crippen molar-refractivity contribution in [1.82, 2.24) is 15.5 Å². The third kappa shape index (κ3) is 7.11. The molecule has 2 rings (SSSR count). The molecule has 0 aromatic heterocycles. The number of hydrogen-bond donors (Lipinski definition) is 3. The van der Waals surface area contributed by atoms with Gasteiger partial charge in [0.2, 0.25) is 5.91 Å². The minimum Gasteiger partial charge on any atom is -0.480 e. The van der Waals surface area contributed by atoms with Gasteiger partial charge in [-0.3, -0.25) is 4.79 Å². The van der Waals surface area contributed by atoms with E-state index in [-0.39, 0.29) is 25.4 Å². The van der Waals surface area contributed by atoms with Crippen LogP contribution in [0.15, 0.2) is 60.7 Å². The Labute approximate surface area is 164 Å². The van der Waals surface area contributed by atoms with Crippen molar-refractivity contribution >= 4 is 17.9 Å². The highest BCUT2D eigenvalue weighted by Gasteiger charge is 2.20. The van der Waals surface area contributed by atoms with Gasteiger partial charge in [0, 0.05) is 33.0 Å². The normalized spacial score (nSPS) is 11.3. The SMILES string of the molecule is CN(Cc1ccccc1)C(=O)NCCC(=O)NC(Cc1ccccc1)C(=O)O. The van der Waals surface area contributed by atoms with Crippen LogP contribution in [0.25, 0.3) is 0 Å². The molecule has 3 N–H and O–H groups in total. The predicted molar refractivity (Wildman–Crippen MR) is 106 cm³/mol. The maximum absolute atomic E-state index is 12.1. The van der Waals surface area contributed by atoms with Crippen LogP contribution in [0.2, 0.25) is 0 Å². The molecule has 0 radical (unpaired) electrons. The van der Waals surface area contributed by atoms with Crippen LogP contribution in [-0.2, 0) is 22.6 Å². The lowest BCUT2D eigenvalue weighted by molar-refractivity contribution is -0.141. The third-order valence-corrected chi connectivity index (χ3v) is 4.15. The number of nitrogens with one attached hydrogen (secondary N) is 2. The Morgan fingerprint density at radius 2 is 1.54 bits per heavy atom. The van der Waals surface area contributed by atoms with Crippen LogP contribution in [0.3, 0.4) is 0 Å². The highest BCUT2D eigenvalue weighted by atomic mass is 16.4. The maximum atomic E-state index is 12.1. The Hall–Kier alpha value is -3.35. The first-order chi connectivity index (χ1) is 13.5. The van der Waals surface area contributed by atoms with Crippen molar-refractivity contribution in [2.75, 3.05) is 13.6 Å². The number of carbonyl (C=O) groups excluding carboxylic acids is 2. The lowest BCUT2D eigenvalue weighted by Crippen LogP contribution is -2.44. The van der Waals surface area contributed by atoms with Crippen LogP contribution in [-0.4, -0.2) is 47.5 Å². The first-order valence-corrected chi connectivity index (χ1v) is 9.04. The molecule has 0 saturated carbocycles. The van der Waals surface area contributed by atoms with Crippen LogP contribution >= 0.6 is 0 Å². The Balaban J connectivity index is 1.74. The van der Waals surface area contributed by atoms with Gasteiger partial charge in [-0.15, -0.1) is 0 Å².